The van der Waals surface area contributed by atoms with Gasteiger partial charge < -0.3 is 20.3 Å². The first-order valence-corrected chi connectivity index (χ1v) is 32.2. The first kappa shape index (κ1) is 70.1. The number of amides is 1. The molecular weight excluding hydrogens is 887 g/mol. The minimum absolute atomic E-state index is 0.00267. The molecule has 0 aromatic carbocycles. The van der Waals surface area contributed by atoms with Crippen molar-refractivity contribution in [3.05, 3.63) is 36.5 Å². The first-order chi connectivity index (χ1) is 35.5. The summed E-state index contributed by atoms with van der Waals surface area (Å²) >= 11 is 0. The van der Waals surface area contributed by atoms with Crippen LogP contribution in [0.3, 0.4) is 0 Å². The van der Waals surface area contributed by atoms with Crippen LogP contribution in [0.2, 0.25) is 0 Å². The molecule has 0 aliphatic rings. The fourth-order valence-electron chi connectivity index (χ4n) is 9.97. The SMILES string of the molecule is CCC/C=C\C/C=C\CCCCCCCC(=O)OCCCCCCCCCCCCCC/C=C\CCCCCCCCCCC(=O)NC(CO)C(O)CCCCCCCCCCCCCCCCCCCC. The number of aliphatic hydroxyl groups excluding tert-OH is 2. The molecule has 1 amide bonds. The Balaban J connectivity index is 3.41. The average molecular weight is 1010 g/mol. The summed E-state index contributed by atoms with van der Waals surface area (Å²) in [6, 6.07) is -0.546. The lowest BCUT2D eigenvalue weighted by molar-refractivity contribution is -0.143. The van der Waals surface area contributed by atoms with Crippen LogP contribution in [0.5, 0.6) is 0 Å². The first-order valence-electron chi connectivity index (χ1n) is 32.2. The Morgan fingerprint density at radius 1 is 0.389 bits per heavy atom. The molecule has 0 radical (unpaired) electrons. The molecule has 0 aromatic heterocycles. The summed E-state index contributed by atoms with van der Waals surface area (Å²) in [6.07, 6.45) is 77.3. The van der Waals surface area contributed by atoms with Crippen molar-refractivity contribution in [2.45, 2.75) is 360 Å². The van der Waals surface area contributed by atoms with E-state index in [0.29, 0.717) is 25.9 Å². The maximum atomic E-state index is 12.5. The lowest BCUT2D eigenvalue weighted by Gasteiger charge is -2.22. The largest absolute Gasteiger partial charge is 0.466 e. The van der Waals surface area contributed by atoms with E-state index in [2.05, 4.69) is 55.6 Å². The second-order valence-electron chi connectivity index (χ2n) is 22.1. The molecule has 2 atom stereocenters. The van der Waals surface area contributed by atoms with Crippen molar-refractivity contribution in [2.24, 2.45) is 0 Å². The molecule has 0 saturated carbocycles. The van der Waals surface area contributed by atoms with Gasteiger partial charge in [0.25, 0.3) is 0 Å². The summed E-state index contributed by atoms with van der Waals surface area (Å²) in [5.41, 5.74) is 0. The quantitative estimate of drug-likeness (QED) is 0.0320. The van der Waals surface area contributed by atoms with Crippen LogP contribution in [-0.4, -0.2) is 47.4 Å². The zero-order chi connectivity index (χ0) is 52.2. The Morgan fingerprint density at radius 2 is 0.722 bits per heavy atom. The van der Waals surface area contributed by atoms with E-state index in [0.717, 1.165) is 51.4 Å². The highest BCUT2D eigenvalue weighted by molar-refractivity contribution is 5.76. The smallest absolute Gasteiger partial charge is 0.305 e. The number of aliphatic hydroxyl groups is 2. The van der Waals surface area contributed by atoms with Crippen molar-refractivity contribution in [1.29, 1.82) is 0 Å². The Morgan fingerprint density at radius 3 is 1.12 bits per heavy atom. The third-order valence-electron chi connectivity index (χ3n) is 14.9. The summed E-state index contributed by atoms with van der Waals surface area (Å²) in [5, 5.41) is 23.4. The van der Waals surface area contributed by atoms with Gasteiger partial charge in [-0.3, -0.25) is 9.59 Å². The zero-order valence-electron chi connectivity index (χ0n) is 48.4. The maximum absolute atomic E-state index is 12.5. The van der Waals surface area contributed by atoms with Crippen molar-refractivity contribution in [3.63, 3.8) is 0 Å². The van der Waals surface area contributed by atoms with Gasteiger partial charge in [0.05, 0.1) is 25.4 Å². The van der Waals surface area contributed by atoms with Crippen LogP contribution in [0.15, 0.2) is 36.5 Å². The van der Waals surface area contributed by atoms with Crippen LogP contribution in [-0.2, 0) is 14.3 Å². The van der Waals surface area contributed by atoms with Gasteiger partial charge in [-0.05, 0) is 77.0 Å². The summed E-state index contributed by atoms with van der Waals surface area (Å²) in [4.78, 5) is 24.5. The van der Waals surface area contributed by atoms with Gasteiger partial charge in [-0.25, -0.2) is 0 Å². The number of rotatable bonds is 60. The van der Waals surface area contributed by atoms with Crippen molar-refractivity contribution in [2.75, 3.05) is 13.2 Å². The van der Waals surface area contributed by atoms with E-state index in [1.807, 2.05) is 0 Å². The van der Waals surface area contributed by atoms with E-state index in [-0.39, 0.29) is 18.5 Å². The van der Waals surface area contributed by atoms with Crippen molar-refractivity contribution >= 4 is 11.9 Å². The van der Waals surface area contributed by atoms with Crippen LogP contribution < -0.4 is 5.32 Å². The molecule has 0 aliphatic carbocycles. The molecule has 0 heterocycles. The number of hydrogen-bond donors (Lipinski definition) is 3. The van der Waals surface area contributed by atoms with E-state index >= 15 is 0 Å². The lowest BCUT2D eigenvalue weighted by atomic mass is 10.0. The zero-order valence-corrected chi connectivity index (χ0v) is 48.4. The molecule has 6 nitrogen and oxygen atoms in total. The molecule has 0 bridgehead atoms. The summed E-state index contributed by atoms with van der Waals surface area (Å²) in [7, 11) is 0. The summed E-state index contributed by atoms with van der Waals surface area (Å²) in [6.45, 7) is 4.90. The molecule has 0 fully saturated rings. The third kappa shape index (κ3) is 57.4. The molecule has 0 rings (SSSR count). The topological polar surface area (TPSA) is 95.9 Å². The standard InChI is InChI=1S/C66H125NO5/c1-3-5-7-9-11-13-15-17-18-19-28-31-35-38-42-46-50-54-58-64(69)63(62-68)67-65(70)59-55-51-47-43-39-36-32-29-26-24-22-20-21-23-25-27-30-33-37-41-45-49-53-57-61-72-66(71)60-56-52-48-44-40-34-16-14-12-10-8-6-4-2/h8,10,14,16,22,24,63-64,68-69H,3-7,9,11-13,15,17-21,23,25-62H2,1-2H3,(H,67,70)/b10-8-,16-14-,24-22-. The normalized spacial score (nSPS) is 12.8. The van der Waals surface area contributed by atoms with Crippen LogP contribution in [0.4, 0.5) is 0 Å². The molecule has 0 saturated heterocycles. The summed E-state index contributed by atoms with van der Waals surface area (Å²) in [5.74, 6) is -0.0398. The molecule has 72 heavy (non-hydrogen) atoms. The Hall–Kier alpha value is -1.92. The second-order valence-corrected chi connectivity index (χ2v) is 22.1. The number of carbonyl (C=O) groups excluding carboxylic acids is 2. The highest BCUT2D eigenvalue weighted by Crippen LogP contribution is 2.18. The molecule has 0 aliphatic heterocycles. The fraction of sp³-hybridized carbons (Fsp3) is 0.879. The molecule has 3 N–H and O–H groups in total. The number of carbonyl (C=O) groups is 2. The fourth-order valence-corrected chi connectivity index (χ4v) is 9.97. The van der Waals surface area contributed by atoms with Gasteiger partial charge in [0.1, 0.15) is 0 Å². The van der Waals surface area contributed by atoms with Gasteiger partial charge >= 0.3 is 5.97 Å². The van der Waals surface area contributed by atoms with Gasteiger partial charge in [0.15, 0.2) is 0 Å². The third-order valence-corrected chi connectivity index (χ3v) is 14.9. The van der Waals surface area contributed by atoms with Crippen molar-refractivity contribution < 1.29 is 24.5 Å². The minimum atomic E-state index is -0.668. The monoisotopic (exact) mass is 1010 g/mol. The predicted octanol–water partition coefficient (Wildman–Crippen LogP) is 20.4. The molecule has 6 heteroatoms. The van der Waals surface area contributed by atoms with Gasteiger partial charge in [-0.1, -0.05) is 294 Å². The van der Waals surface area contributed by atoms with E-state index in [9.17, 15) is 19.8 Å². The number of ether oxygens (including phenoxy) is 1. The van der Waals surface area contributed by atoms with E-state index in [4.69, 9.17) is 4.74 Å². The Kier molecular flexibility index (Phi) is 60.0. The number of allylic oxidation sites excluding steroid dienone is 6. The van der Waals surface area contributed by atoms with Gasteiger partial charge in [-0.15, -0.1) is 0 Å². The number of hydrogen-bond acceptors (Lipinski definition) is 5. The maximum Gasteiger partial charge on any atom is 0.305 e. The number of unbranched alkanes of at least 4 members (excludes halogenated alkanes) is 43. The highest BCUT2D eigenvalue weighted by atomic mass is 16.5. The lowest BCUT2D eigenvalue weighted by Crippen LogP contribution is -2.45. The molecule has 0 aromatic rings. The predicted molar refractivity (Wildman–Crippen MR) is 315 cm³/mol. The van der Waals surface area contributed by atoms with E-state index in [1.165, 1.54) is 263 Å². The van der Waals surface area contributed by atoms with Crippen LogP contribution in [0.25, 0.3) is 0 Å². The van der Waals surface area contributed by atoms with E-state index in [1.54, 1.807) is 0 Å². The van der Waals surface area contributed by atoms with Gasteiger partial charge in [-0.2, -0.15) is 0 Å². The van der Waals surface area contributed by atoms with E-state index < -0.39 is 12.1 Å². The van der Waals surface area contributed by atoms with Crippen LogP contribution in [0, 0.1) is 0 Å². The average Bonchev–Trinajstić information content (AvgIpc) is 3.38. The van der Waals surface area contributed by atoms with Crippen LogP contribution >= 0.6 is 0 Å². The summed E-state index contributed by atoms with van der Waals surface area (Å²) < 4.78 is 5.47. The molecule has 424 valence electrons. The molecular formula is C66H125NO5. The van der Waals surface area contributed by atoms with Crippen molar-refractivity contribution in [1.82, 2.24) is 5.32 Å². The van der Waals surface area contributed by atoms with Crippen molar-refractivity contribution in [3.8, 4) is 0 Å². The number of nitrogens with one attached hydrogen (secondary N) is 1. The Labute approximate surface area is 449 Å². The highest BCUT2D eigenvalue weighted by Gasteiger charge is 2.20. The van der Waals surface area contributed by atoms with Gasteiger partial charge in [0, 0.05) is 12.8 Å². The molecule has 2 unspecified atom stereocenters. The Bertz CT molecular complexity index is 1170. The minimum Gasteiger partial charge on any atom is -0.466 e. The number of esters is 1. The second kappa shape index (κ2) is 61.6. The van der Waals surface area contributed by atoms with Crippen LogP contribution in [0.1, 0.15) is 348 Å². The molecule has 0 spiro atoms. The van der Waals surface area contributed by atoms with Gasteiger partial charge in [0.2, 0.25) is 5.91 Å².